The predicted octanol–water partition coefficient (Wildman–Crippen LogP) is 3.20. The van der Waals surface area contributed by atoms with Crippen LogP contribution in [0.1, 0.15) is 12.0 Å². The van der Waals surface area contributed by atoms with Gasteiger partial charge in [-0.3, -0.25) is 4.99 Å². The third-order valence-electron chi connectivity index (χ3n) is 2.86. The van der Waals surface area contributed by atoms with Crippen LogP contribution in [0, 0.1) is 0 Å². The van der Waals surface area contributed by atoms with E-state index in [-0.39, 0.29) is 0 Å². The quantitative estimate of drug-likeness (QED) is 0.810. The second kappa shape index (κ2) is 4.45. The number of hydrogen-bond donors (Lipinski definition) is 1. The van der Waals surface area contributed by atoms with Crippen LogP contribution in [0.3, 0.4) is 0 Å². The number of para-hydroxylation sites is 2. The van der Waals surface area contributed by atoms with Crippen LogP contribution < -0.4 is 5.73 Å². The maximum absolute atomic E-state index is 5.95. The fourth-order valence-corrected chi connectivity index (χ4v) is 2.00. The van der Waals surface area contributed by atoms with E-state index in [4.69, 9.17) is 5.73 Å². The number of amidine groups is 1. The van der Waals surface area contributed by atoms with E-state index in [2.05, 4.69) is 9.98 Å². The molecule has 2 aromatic carbocycles. The van der Waals surface area contributed by atoms with Crippen molar-refractivity contribution in [2.75, 3.05) is 0 Å². The number of aliphatic imine (C=N–C) groups is 2. The lowest BCUT2D eigenvalue weighted by molar-refractivity contribution is 1.41. The third-order valence-corrected chi connectivity index (χ3v) is 2.86. The molecule has 1 aliphatic rings. The fourth-order valence-electron chi connectivity index (χ4n) is 2.00. The first-order chi connectivity index (χ1) is 8.83. The van der Waals surface area contributed by atoms with Crippen LogP contribution in [0.2, 0.25) is 0 Å². The van der Waals surface area contributed by atoms with Gasteiger partial charge in [0.05, 0.1) is 17.1 Å². The van der Waals surface area contributed by atoms with E-state index in [1.165, 1.54) is 0 Å². The van der Waals surface area contributed by atoms with E-state index in [9.17, 15) is 0 Å². The Kier molecular flexibility index (Phi) is 2.65. The highest BCUT2D eigenvalue weighted by atomic mass is 14.9. The standard InChI is InChI=1S/C15H13N3/c16-15-10-14(11-6-2-1-3-7-11)17-12-8-4-5-9-13(12)18-15/h1-9H,10H2,(H2,16,18). The Balaban J connectivity index is 2.14. The largest absolute Gasteiger partial charge is 0.387 e. The minimum absolute atomic E-state index is 0.582. The van der Waals surface area contributed by atoms with Crippen LogP contribution in [0.5, 0.6) is 0 Å². The highest BCUT2D eigenvalue weighted by Crippen LogP contribution is 2.30. The van der Waals surface area contributed by atoms with Crippen LogP contribution in [-0.2, 0) is 0 Å². The summed E-state index contributed by atoms with van der Waals surface area (Å²) < 4.78 is 0. The van der Waals surface area contributed by atoms with Crippen molar-refractivity contribution >= 4 is 22.9 Å². The average molecular weight is 235 g/mol. The first-order valence-electron chi connectivity index (χ1n) is 5.88. The molecule has 0 saturated carbocycles. The minimum atomic E-state index is 0.582. The molecule has 1 aliphatic heterocycles. The number of hydrogen-bond acceptors (Lipinski definition) is 3. The van der Waals surface area contributed by atoms with Crippen molar-refractivity contribution in [3.63, 3.8) is 0 Å². The molecule has 2 N–H and O–H groups in total. The van der Waals surface area contributed by atoms with Gasteiger partial charge in [-0.25, -0.2) is 4.99 Å². The van der Waals surface area contributed by atoms with Gasteiger partial charge in [0.2, 0.25) is 0 Å². The van der Waals surface area contributed by atoms with E-state index in [0.717, 1.165) is 22.6 Å². The van der Waals surface area contributed by atoms with Gasteiger partial charge in [0.1, 0.15) is 5.84 Å². The number of fused-ring (bicyclic) bond motifs is 1. The van der Waals surface area contributed by atoms with Gasteiger partial charge in [0, 0.05) is 6.42 Å². The molecule has 0 saturated heterocycles. The molecule has 0 spiro atoms. The summed E-state index contributed by atoms with van der Waals surface area (Å²) in [5.41, 5.74) is 9.70. The Bertz CT molecular complexity index is 627. The summed E-state index contributed by atoms with van der Waals surface area (Å²) in [6.45, 7) is 0. The molecule has 0 fully saturated rings. The molecular weight excluding hydrogens is 222 g/mol. The van der Waals surface area contributed by atoms with Crippen molar-refractivity contribution < 1.29 is 0 Å². The first kappa shape index (κ1) is 10.7. The van der Waals surface area contributed by atoms with Crippen molar-refractivity contribution in [2.24, 2.45) is 15.7 Å². The van der Waals surface area contributed by atoms with Crippen LogP contribution in [-0.4, -0.2) is 11.5 Å². The number of nitrogens with zero attached hydrogens (tertiary/aromatic N) is 2. The molecule has 0 aliphatic carbocycles. The average Bonchev–Trinajstić information content (AvgIpc) is 2.57. The predicted molar refractivity (Wildman–Crippen MR) is 75.0 cm³/mol. The summed E-state index contributed by atoms with van der Waals surface area (Å²) >= 11 is 0. The second-order valence-electron chi connectivity index (χ2n) is 4.19. The van der Waals surface area contributed by atoms with Gasteiger partial charge in [-0.2, -0.15) is 0 Å². The summed E-state index contributed by atoms with van der Waals surface area (Å²) in [5.74, 6) is 0.600. The number of nitrogens with two attached hydrogens (primary N) is 1. The van der Waals surface area contributed by atoms with Crippen LogP contribution in [0.15, 0.2) is 64.6 Å². The topological polar surface area (TPSA) is 50.7 Å². The molecule has 3 heteroatoms. The van der Waals surface area contributed by atoms with Gasteiger partial charge in [-0.1, -0.05) is 42.5 Å². The number of rotatable bonds is 1. The molecule has 0 radical (unpaired) electrons. The highest BCUT2D eigenvalue weighted by molar-refractivity contribution is 6.14. The molecule has 0 aromatic heterocycles. The Labute approximate surface area is 106 Å². The zero-order valence-electron chi connectivity index (χ0n) is 9.88. The van der Waals surface area contributed by atoms with E-state index in [0.29, 0.717) is 12.3 Å². The van der Waals surface area contributed by atoms with Crippen molar-refractivity contribution in [3.8, 4) is 0 Å². The van der Waals surface area contributed by atoms with Gasteiger partial charge >= 0.3 is 0 Å². The van der Waals surface area contributed by atoms with E-state index < -0.39 is 0 Å². The van der Waals surface area contributed by atoms with Gasteiger partial charge in [0.25, 0.3) is 0 Å². The second-order valence-corrected chi connectivity index (χ2v) is 4.19. The molecule has 0 atom stereocenters. The van der Waals surface area contributed by atoms with Gasteiger partial charge in [-0.05, 0) is 17.7 Å². The van der Waals surface area contributed by atoms with Crippen LogP contribution >= 0.6 is 0 Å². The maximum atomic E-state index is 5.95. The zero-order valence-corrected chi connectivity index (χ0v) is 9.88. The zero-order chi connectivity index (χ0) is 12.4. The molecule has 1 heterocycles. The van der Waals surface area contributed by atoms with Crippen LogP contribution in [0.4, 0.5) is 11.4 Å². The lowest BCUT2D eigenvalue weighted by atomic mass is 10.1. The van der Waals surface area contributed by atoms with Crippen molar-refractivity contribution in [2.45, 2.75) is 6.42 Å². The van der Waals surface area contributed by atoms with Crippen molar-refractivity contribution in [1.29, 1.82) is 0 Å². The van der Waals surface area contributed by atoms with E-state index in [1.54, 1.807) is 0 Å². The molecule has 3 rings (SSSR count). The first-order valence-corrected chi connectivity index (χ1v) is 5.88. The molecule has 18 heavy (non-hydrogen) atoms. The Morgan fingerprint density at radius 2 is 1.39 bits per heavy atom. The summed E-state index contributed by atoms with van der Waals surface area (Å²) in [5, 5.41) is 0. The maximum Gasteiger partial charge on any atom is 0.106 e. The Morgan fingerprint density at radius 3 is 2.11 bits per heavy atom. The van der Waals surface area contributed by atoms with Crippen molar-refractivity contribution in [3.05, 3.63) is 60.2 Å². The smallest absolute Gasteiger partial charge is 0.106 e. The molecular formula is C15H13N3. The minimum Gasteiger partial charge on any atom is -0.387 e. The molecule has 3 nitrogen and oxygen atoms in total. The normalized spacial score (nSPS) is 14.2. The molecule has 0 bridgehead atoms. The molecule has 88 valence electrons. The molecule has 0 unspecified atom stereocenters. The summed E-state index contributed by atoms with van der Waals surface area (Å²) in [7, 11) is 0. The SMILES string of the molecule is NC1=Nc2ccccc2N=C(c2ccccc2)C1. The summed E-state index contributed by atoms with van der Waals surface area (Å²) in [6, 6.07) is 17.9. The monoisotopic (exact) mass is 235 g/mol. The molecule has 2 aromatic rings. The van der Waals surface area contributed by atoms with E-state index in [1.807, 2.05) is 54.6 Å². The lowest BCUT2D eigenvalue weighted by Gasteiger charge is -2.03. The summed E-state index contributed by atoms with van der Waals surface area (Å²) in [6.07, 6.45) is 0.582. The highest BCUT2D eigenvalue weighted by Gasteiger charge is 2.12. The Hall–Kier alpha value is -2.42. The number of benzene rings is 2. The summed E-state index contributed by atoms with van der Waals surface area (Å²) in [4.78, 5) is 9.08. The van der Waals surface area contributed by atoms with Gasteiger partial charge < -0.3 is 5.73 Å². The van der Waals surface area contributed by atoms with Gasteiger partial charge in [-0.15, -0.1) is 0 Å². The van der Waals surface area contributed by atoms with Crippen LogP contribution in [0.25, 0.3) is 0 Å². The fraction of sp³-hybridized carbons (Fsp3) is 0.0667. The van der Waals surface area contributed by atoms with Crippen molar-refractivity contribution in [1.82, 2.24) is 0 Å². The van der Waals surface area contributed by atoms with E-state index >= 15 is 0 Å². The third kappa shape index (κ3) is 2.02. The molecule has 0 amide bonds. The van der Waals surface area contributed by atoms with Gasteiger partial charge in [0.15, 0.2) is 0 Å². The lowest BCUT2D eigenvalue weighted by Crippen LogP contribution is -2.16. The Morgan fingerprint density at radius 1 is 0.778 bits per heavy atom.